The van der Waals surface area contributed by atoms with Gasteiger partial charge in [-0.05, 0) is 0 Å². The smallest absolute Gasteiger partial charge is 0.465 e. The zero-order valence-corrected chi connectivity index (χ0v) is 22.0. The van der Waals surface area contributed by atoms with Crippen LogP contribution in [-0.4, -0.2) is 73.8 Å². The van der Waals surface area contributed by atoms with Gasteiger partial charge in [-0.25, -0.2) is 9.55 Å². The molecule has 14 nitrogen and oxygen atoms in total. The molecule has 0 spiro atoms. The van der Waals surface area contributed by atoms with Crippen molar-refractivity contribution in [2.75, 3.05) is 31.3 Å². The number of nitrogens with two attached hydrogens (primary N) is 1. The highest BCUT2D eigenvalue weighted by molar-refractivity contribution is 7.99. The van der Waals surface area contributed by atoms with Crippen molar-refractivity contribution in [3.8, 4) is 0 Å². The van der Waals surface area contributed by atoms with Crippen molar-refractivity contribution in [3.63, 3.8) is 0 Å². The zero-order valence-electron chi connectivity index (χ0n) is 20.3. The predicted molar refractivity (Wildman–Crippen MR) is 129 cm³/mol. The Morgan fingerprint density at radius 1 is 1.50 bits per heavy atom. The Labute approximate surface area is 210 Å². The predicted octanol–water partition coefficient (Wildman–Crippen LogP) is 1.42. The average molecular weight is 548 g/mol. The Morgan fingerprint density at radius 2 is 2.25 bits per heavy atom. The third kappa shape index (κ3) is 5.62. The quantitative estimate of drug-likeness (QED) is 0.177. The number of aromatic amines is 1. The molecule has 0 bridgehead atoms. The van der Waals surface area contributed by atoms with E-state index in [4.69, 9.17) is 28.8 Å². The van der Waals surface area contributed by atoms with Crippen LogP contribution in [0.15, 0.2) is 11.1 Å². The molecule has 2 aromatic rings. The van der Waals surface area contributed by atoms with Gasteiger partial charge in [0.1, 0.15) is 23.9 Å². The molecular weight excluding hydrogens is 517 g/mol. The summed E-state index contributed by atoms with van der Waals surface area (Å²) in [4.78, 5) is 33.8. The van der Waals surface area contributed by atoms with Gasteiger partial charge in [0.2, 0.25) is 5.95 Å². The Kier molecular flexibility index (Phi) is 7.81. The van der Waals surface area contributed by atoms with E-state index in [2.05, 4.69) is 15.0 Å². The number of phosphoric acid groups is 1. The van der Waals surface area contributed by atoms with Gasteiger partial charge in [-0.2, -0.15) is 4.98 Å². The van der Waals surface area contributed by atoms with Crippen molar-refractivity contribution in [2.24, 2.45) is 11.3 Å². The molecule has 36 heavy (non-hydrogen) atoms. The molecule has 0 radical (unpaired) electrons. The van der Waals surface area contributed by atoms with Gasteiger partial charge in [-0.3, -0.25) is 32.7 Å². The molecule has 0 amide bonds. The van der Waals surface area contributed by atoms with Crippen molar-refractivity contribution in [1.82, 2.24) is 19.5 Å². The lowest BCUT2D eigenvalue weighted by atomic mass is 9.96. The van der Waals surface area contributed by atoms with E-state index in [1.165, 1.54) is 25.0 Å². The van der Waals surface area contributed by atoms with Gasteiger partial charge in [0.05, 0.1) is 26.1 Å². The van der Waals surface area contributed by atoms with Gasteiger partial charge in [0.25, 0.3) is 5.56 Å². The number of nitrogens with one attached hydrogen (secondary N) is 1. The second-order valence-corrected chi connectivity index (χ2v) is 12.1. The third-order valence-corrected chi connectivity index (χ3v) is 8.77. The van der Waals surface area contributed by atoms with Gasteiger partial charge in [0, 0.05) is 24.0 Å². The second-order valence-electron chi connectivity index (χ2n) is 9.34. The number of aromatic nitrogens is 4. The molecule has 2 aliphatic rings. The summed E-state index contributed by atoms with van der Waals surface area (Å²) >= 11 is 1.17. The topological polar surface area (TPSA) is 190 Å². The molecule has 0 saturated carbocycles. The summed E-state index contributed by atoms with van der Waals surface area (Å²) in [5, 5.41) is 10.4. The molecule has 4 rings (SSSR count). The molecule has 1 unspecified atom stereocenters. The Morgan fingerprint density at radius 3 is 2.97 bits per heavy atom. The average Bonchev–Trinajstić information content (AvgIpc) is 3.36. The number of fused-ring (bicyclic) bond motifs is 2. The number of phosphoric ester groups is 1. The van der Waals surface area contributed by atoms with E-state index in [1.54, 1.807) is 18.4 Å². The molecule has 2 aromatic heterocycles. The van der Waals surface area contributed by atoms with Crippen molar-refractivity contribution in [2.45, 2.75) is 51.6 Å². The number of anilines is 1. The molecule has 2 aliphatic heterocycles. The normalized spacial score (nSPS) is 29.2. The lowest BCUT2D eigenvalue weighted by Crippen LogP contribution is -2.36. The van der Waals surface area contributed by atoms with Crippen LogP contribution in [0, 0.1) is 11.3 Å². The number of thioether (sulfide) groups is 1. The van der Waals surface area contributed by atoms with Gasteiger partial charge in [-0.1, -0.05) is 20.8 Å². The Hall–Kier alpha value is -2.00. The maximum absolute atomic E-state index is 13.1. The minimum atomic E-state index is -3.87. The summed E-state index contributed by atoms with van der Waals surface area (Å²) in [6, 6.07) is 0. The highest BCUT2D eigenvalue weighted by Gasteiger charge is 2.52. The van der Waals surface area contributed by atoms with Crippen LogP contribution in [0.1, 0.15) is 33.9 Å². The molecule has 4 heterocycles. The number of carbonyl (C=O) groups is 1. The number of ether oxygens (including phenoxy) is 2. The van der Waals surface area contributed by atoms with E-state index in [0.29, 0.717) is 5.75 Å². The molecule has 0 aromatic carbocycles. The number of nitrogens with zero attached hydrogens (tertiary/aromatic N) is 3. The first-order valence-corrected chi connectivity index (χ1v) is 13.8. The van der Waals surface area contributed by atoms with Crippen LogP contribution in [0.4, 0.5) is 5.95 Å². The van der Waals surface area contributed by atoms with E-state index in [0.717, 1.165) is 0 Å². The van der Waals surface area contributed by atoms with E-state index in [9.17, 15) is 19.3 Å². The fourth-order valence-electron chi connectivity index (χ4n) is 3.93. The molecule has 0 aliphatic carbocycles. The van der Waals surface area contributed by atoms with Crippen LogP contribution in [0.3, 0.4) is 0 Å². The molecule has 200 valence electrons. The number of hydrogen-bond acceptors (Lipinski definition) is 13. The maximum Gasteiger partial charge on any atom is 0.475 e. The molecule has 2 fully saturated rings. The maximum atomic E-state index is 13.1. The largest absolute Gasteiger partial charge is 0.475 e. The van der Waals surface area contributed by atoms with Crippen molar-refractivity contribution >= 4 is 42.7 Å². The van der Waals surface area contributed by atoms with Crippen LogP contribution in [-0.2, 0) is 32.4 Å². The van der Waals surface area contributed by atoms with E-state index < -0.39 is 48.6 Å². The molecule has 6 atom stereocenters. The van der Waals surface area contributed by atoms with E-state index in [1.807, 2.05) is 6.92 Å². The summed E-state index contributed by atoms with van der Waals surface area (Å²) in [6.07, 6.45) is -0.301. The Bertz CT molecular complexity index is 1220. The van der Waals surface area contributed by atoms with Crippen LogP contribution < -0.4 is 11.3 Å². The first kappa shape index (κ1) is 27.0. The summed E-state index contributed by atoms with van der Waals surface area (Å²) < 4.78 is 42.4. The van der Waals surface area contributed by atoms with Crippen LogP contribution in [0.25, 0.3) is 11.2 Å². The molecule has 2 saturated heterocycles. The SMILES string of the molecule is CC(=O)OCC(C)(C)C(O)SCCO[P@]1(=O)OC[C@H]2O[C@@H](n3cnc4c(=O)[nH]c(N)nc43)[C@@H](C)[C@@H]2O1. The summed E-state index contributed by atoms with van der Waals surface area (Å²) in [6.45, 7) is 6.74. The fourth-order valence-corrected chi connectivity index (χ4v) is 6.44. The van der Waals surface area contributed by atoms with Gasteiger partial charge >= 0.3 is 13.8 Å². The number of nitrogen functional groups attached to an aromatic ring is 1. The van der Waals surface area contributed by atoms with Gasteiger partial charge in [0.15, 0.2) is 11.2 Å². The minimum Gasteiger partial charge on any atom is -0.465 e. The van der Waals surface area contributed by atoms with Crippen LogP contribution in [0.2, 0.25) is 0 Å². The van der Waals surface area contributed by atoms with Gasteiger partial charge in [-0.15, -0.1) is 11.8 Å². The second kappa shape index (κ2) is 10.4. The lowest BCUT2D eigenvalue weighted by molar-refractivity contribution is -0.145. The number of hydrogen-bond donors (Lipinski definition) is 3. The summed E-state index contributed by atoms with van der Waals surface area (Å²) in [5.41, 5.74) is 4.08. The first-order chi connectivity index (χ1) is 16.9. The van der Waals surface area contributed by atoms with Crippen molar-refractivity contribution in [1.29, 1.82) is 0 Å². The number of imidazole rings is 1. The first-order valence-electron chi connectivity index (χ1n) is 11.3. The van der Waals surface area contributed by atoms with Crippen LogP contribution >= 0.6 is 19.6 Å². The van der Waals surface area contributed by atoms with Crippen molar-refractivity contribution in [3.05, 3.63) is 16.7 Å². The summed E-state index contributed by atoms with van der Waals surface area (Å²) in [5.74, 6) is -0.483. The third-order valence-electron chi connectivity index (χ3n) is 5.95. The number of aliphatic hydroxyl groups is 1. The highest BCUT2D eigenvalue weighted by Crippen LogP contribution is 2.58. The number of esters is 1. The number of carbonyl (C=O) groups excluding carboxylic acids is 1. The summed E-state index contributed by atoms with van der Waals surface area (Å²) in [7, 11) is -3.87. The molecule has 16 heteroatoms. The Balaban J connectivity index is 1.34. The van der Waals surface area contributed by atoms with Crippen molar-refractivity contribution < 1.29 is 37.5 Å². The zero-order chi connectivity index (χ0) is 26.3. The minimum absolute atomic E-state index is 0.00314. The highest BCUT2D eigenvalue weighted by atomic mass is 32.2. The lowest BCUT2D eigenvalue weighted by Gasteiger charge is -2.32. The molecular formula is C20H30N5O9PS. The van der Waals surface area contributed by atoms with E-state index >= 15 is 0 Å². The monoisotopic (exact) mass is 547 g/mol. The number of rotatable bonds is 9. The number of aliphatic hydroxyl groups excluding tert-OH is 1. The fraction of sp³-hybridized carbons (Fsp3) is 0.700. The van der Waals surface area contributed by atoms with Crippen LogP contribution in [0.5, 0.6) is 0 Å². The standard InChI is InChI=1S/C20H30N5O9PS/c1-10-14-12(33-17(10)25-9-22-13-15(25)23-19(21)24-16(13)27)7-32-35(29,34-14)31-5-6-36-18(28)20(3,4)8-30-11(2)26/h9-10,12,14,17-18,28H,5-8H2,1-4H3,(H3,21,23,24,27)/t10-,12+,14-,17+,18?,35+/m0/s1. The van der Waals surface area contributed by atoms with Gasteiger partial charge < -0.3 is 20.3 Å². The van der Waals surface area contributed by atoms with E-state index in [-0.39, 0.29) is 42.9 Å². The number of H-pyrrole nitrogens is 1. The molecule has 4 N–H and O–H groups in total.